The number of amides is 2. The zero-order valence-corrected chi connectivity index (χ0v) is 14.5. The van der Waals surface area contributed by atoms with Gasteiger partial charge < -0.3 is 19.0 Å². The Hall–Kier alpha value is -2.90. The molecule has 0 spiro atoms. The standard InChI is InChI=1S/C18H20N4O4/c1-25-16-5-4-15(26-16)18(24)22-10-12-2-3-13(22)11-21(9-12)17(23)14-8-19-6-7-20-14/h4-8,12-13H,2-3,9-11H2,1H3/t12-,13+/m0/s1. The molecule has 2 aromatic rings. The Balaban J connectivity index is 1.53. The molecule has 136 valence electrons. The van der Waals surface area contributed by atoms with Crippen LogP contribution in [0.4, 0.5) is 0 Å². The number of carbonyl (C=O) groups is 2. The van der Waals surface area contributed by atoms with Crippen molar-refractivity contribution in [2.24, 2.45) is 5.92 Å². The molecule has 26 heavy (non-hydrogen) atoms. The molecule has 2 amide bonds. The van der Waals surface area contributed by atoms with Gasteiger partial charge in [0.1, 0.15) is 5.69 Å². The Morgan fingerprint density at radius 3 is 2.77 bits per heavy atom. The maximum Gasteiger partial charge on any atom is 0.290 e. The Bertz CT molecular complexity index is 807. The first-order chi connectivity index (χ1) is 12.7. The Labute approximate surface area is 150 Å². The number of rotatable bonds is 3. The second kappa shape index (κ2) is 6.78. The number of carbonyl (C=O) groups excluding carboxylic acids is 2. The summed E-state index contributed by atoms with van der Waals surface area (Å²) in [6.45, 7) is 1.74. The van der Waals surface area contributed by atoms with Gasteiger partial charge in [0.15, 0.2) is 5.76 Å². The van der Waals surface area contributed by atoms with Crippen LogP contribution in [0.5, 0.6) is 5.95 Å². The lowest BCUT2D eigenvalue weighted by Crippen LogP contribution is -2.47. The Morgan fingerprint density at radius 2 is 2.04 bits per heavy atom. The van der Waals surface area contributed by atoms with Gasteiger partial charge in [0, 0.05) is 44.1 Å². The van der Waals surface area contributed by atoms with Crippen LogP contribution in [0.3, 0.4) is 0 Å². The van der Waals surface area contributed by atoms with Gasteiger partial charge in [-0.2, -0.15) is 0 Å². The van der Waals surface area contributed by atoms with E-state index in [9.17, 15) is 9.59 Å². The van der Waals surface area contributed by atoms with Crippen molar-refractivity contribution < 1.29 is 18.7 Å². The van der Waals surface area contributed by atoms with Crippen molar-refractivity contribution in [3.63, 3.8) is 0 Å². The highest BCUT2D eigenvalue weighted by molar-refractivity contribution is 5.93. The number of hydrogen-bond acceptors (Lipinski definition) is 6. The van der Waals surface area contributed by atoms with E-state index < -0.39 is 0 Å². The quantitative estimate of drug-likeness (QED) is 0.827. The predicted molar refractivity (Wildman–Crippen MR) is 90.7 cm³/mol. The molecule has 0 aromatic carbocycles. The van der Waals surface area contributed by atoms with Gasteiger partial charge >= 0.3 is 0 Å². The van der Waals surface area contributed by atoms with Gasteiger partial charge in [-0.05, 0) is 24.8 Å². The van der Waals surface area contributed by atoms with E-state index in [-0.39, 0.29) is 29.5 Å². The first-order valence-electron chi connectivity index (χ1n) is 8.66. The van der Waals surface area contributed by atoms with E-state index in [4.69, 9.17) is 9.15 Å². The summed E-state index contributed by atoms with van der Waals surface area (Å²) in [4.78, 5) is 37.3. The number of fused-ring (bicyclic) bond motifs is 4. The van der Waals surface area contributed by atoms with Crippen LogP contribution in [-0.4, -0.2) is 64.4 Å². The van der Waals surface area contributed by atoms with Gasteiger partial charge in [-0.3, -0.25) is 14.6 Å². The van der Waals surface area contributed by atoms with Crippen LogP contribution in [0.15, 0.2) is 35.1 Å². The van der Waals surface area contributed by atoms with E-state index >= 15 is 0 Å². The molecule has 2 aromatic heterocycles. The molecule has 8 nitrogen and oxygen atoms in total. The highest BCUT2D eigenvalue weighted by atomic mass is 16.6. The van der Waals surface area contributed by atoms with E-state index in [2.05, 4.69) is 9.97 Å². The van der Waals surface area contributed by atoms with Crippen LogP contribution in [0.1, 0.15) is 33.9 Å². The largest absolute Gasteiger partial charge is 0.468 e. The summed E-state index contributed by atoms with van der Waals surface area (Å²) in [7, 11) is 1.50. The smallest absolute Gasteiger partial charge is 0.290 e. The fourth-order valence-electron chi connectivity index (χ4n) is 3.75. The third-order valence-corrected chi connectivity index (χ3v) is 5.04. The minimum absolute atomic E-state index is 0.0297. The van der Waals surface area contributed by atoms with Gasteiger partial charge in [-0.25, -0.2) is 4.98 Å². The van der Waals surface area contributed by atoms with Crippen LogP contribution in [0.2, 0.25) is 0 Å². The first kappa shape index (κ1) is 16.6. The molecule has 0 N–H and O–H groups in total. The first-order valence-corrected chi connectivity index (χ1v) is 8.66. The average Bonchev–Trinajstić information content (AvgIpc) is 2.98. The highest BCUT2D eigenvalue weighted by Gasteiger charge is 2.40. The van der Waals surface area contributed by atoms with Gasteiger partial charge in [-0.15, -0.1) is 0 Å². The van der Waals surface area contributed by atoms with Crippen molar-refractivity contribution >= 4 is 11.8 Å². The van der Waals surface area contributed by atoms with Crippen molar-refractivity contribution in [3.05, 3.63) is 42.2 Å². The lowest BCUT2D eigenvalue weighted by atomic mass is 9.95. The summed E-state index contributed by atoms with van der Waals surface area (Å²) in [6.07, 6.45) is 6.41. The molecule has 5 heterocycles. The Kier molecular flexibility index (Phi) is 4.32. The fourth-order valence-corrected chi connectivity index (χ4v) is 3.75. The van der Waals surface area contributed by atoms with Crippen molar-refractivity contribution in [1.82, 2.24) is 19.8 Å². The number of hydrogen-bond donors (Lipinski definition) is 0. The van der Waals surface area contributed by atoms with Crippen LogP contribution >= 0.6 is 0 Å². The summed E-state index contributed by atoms with van der Waals surface area (Å²) in [5, 5.41) is 0. The molecule has 0 saturated carbocycles. The van der Waals surface area contributed by atoms with Crippen molar-refractivity contribution in [2.75, 3.05) is 26.7 Å². The maximum absolute atomic E-state index is 12.9. The lowest BCUT2D eigenvalue weighted by Gasteiger charge is -2.35. The Morgan fingerprint density at radius 1 is 1.15 bits per heavy atom. The summed E-state index contributed by atoms with van der Waals surface area (Å²) in [6, 6.07) is 3.23. The van der Waals surface area contributed by atoms with Gasteiger partial charge in [-0.1, -0.05) is 0 Å². The van der Waals surface area contributed by atoms with Crippen LogP contribution in [0, 0.1) is 5.92 Å². The van der Waals surface area contributed by atoms with Gasteiger partial charge in [0.05, 0.1) is 13.3 Å². The summed E-state index contributed by atoms with van der Waals surface area (Å²) >= 11 is 0. The molecular formula is C18H20N4O4. The lowest BCUT2D eigenvalue weighted by molar-refractivity contribution is 0.0539. The molecule has 2 bridgehead atoms. The molecule has 3 aliphatic rings. The topological polar surface area (TPSA) is 88.8 Å². The zero-order chi connectivity index (χ0) is 18.1. The van der Waals surface area contributed by atoms with Gasteiger partial charge in [0.25, 0.3) is 17.8 Å². The van der Waals surface area contributed by atoms with Crippen LogP contribution in [-0.2, 0) is 0 Å². The molecule has 3 aliphatic heterocycles. The zero-order valence-electron chi connectivity index (χ0n) is 14.5. The number of ether oxygens (including phenoxy) is 1. The van der Waals surface area contributed by atoms with Crippen LogP contribution < -0.4 is 4.74 Å². The van der Waals surface area contributed by atoms with E-state index in [0.717, 1.165) is 12.8 Å². The molecule has 0 unspecified atom stereocenters. The van der Waals surface area contributed by atoms with E-state index in [1.165, 1.54) is 19.5 Å². The number of furan rings is 1. The molecule has 3 saturated heterocycles. The molecular weight excluding hydrogens is 336 g/mol. The number of piperidine rings is 1. The molecule has 5 rings (SSSR count). The van der Waals surface area contributed by atoms with E-state index in [1.54, 1.807) is 23.2 Å². The third-order valence-electron chi connectivity index (χ3n) is 5.04. The van der Waals surface area contributed by atoms with Crippen molar-refractivity contribution in [3.8, 4) is 5.95 Å². The third kappa shape index (κ3) is 3.02. The monoisotopic (exact) mass is 356 g/mol. The van der Waals surface area contributed by atoms with Crippen LogP contribution in [0.25, 0.3) is 0 Å². The SMILES string of the molecule is COc1ccc(C(=O)N2C[C@H]3CC[C@@H]2CN(C(=O)c2cnccn2)C3)o1. The van der Waals surface area contributed by atoms with Crippen molar-refractivity contribution in [2.45, 2.75) is 18.9 Å². The summed E-state index contributed by atoms with van der Waals surface area (Å²) in [5.41, 5.74) is 0.336. The molecule has 0 radical (unpaired) electrons. The van der Waals surface area contributed by atoms with E-state index in [1.807, 2.05) is 4.90 Å². The fraction of sp³-hybridized carbons (Fsp3) is 0.444. The maximum atomic E-state index is 12.9. The molecule has 0 aliphatic carbocycles. The molecule has 3 fully saturated rings. The van der Waals surface area contributed by atoms with Gasteiger partial charge in [0.2, 0.25) is 0 Å². The van der Waals surface area contributed by atoms with Crippen molar-refractivity contribution in [1.29, 1.82) is 0 Å². The number of nitrogens with zero attached hydrogens (tertiary/aromatic N) is 4. The minimum atomic E-state index is -0.156. The summed E-state index contributed by atoms with van der Waals surface area (Å²) in [5.74, 6) is 0.532. The number of methoxy groups -OCH3 is 1. The minimum Gasteiger partial charge on any atom is -0.468 e. The molecule has 2 atom stereocenters. The second-order valence-electron chi connectivity index (χ2n) is 6.68. The highest BCUT2D eigenvalue weighted by Crippen LogP contribution is 2.30. The number of aromatic nitrogens is 2. The molecule has 8 heteroatoms. The summed E-state index contributed by atoms with van der Waals surface area (Å²) < 4.78 is 10.4. The normalized spacial score (nSPS) is 22.2. The average molecular weight is 356 g/mol. The predicted octanol–water partition coefficient (Wildman–Crippen LogP) is 1.46. The second-order valence-corrected chi connectivity index (χ2v) is 6.68. The van der Waals surface area contributed by atoms with E-state index in [0.29, 0.717) is 31.3 Å².